The Bertz CT molecular complexity index is 632. The van der Waals surface area contributed by atoms with E-state index >= 15 is 0 Å². The van der Waals surface area contributed by atoms with Crippen molar-refractivity contribution in [2.75, 3.05) is 11.8 Å². The summed E-state index contributed by atoms with van der Waals surface area (Å²) in [5.41, 5.74) is -1.21. The van der Waals surface area contributed by atoms with E-state index in [2.05, 4.69) is 0 Å². The predicted molar refractivity (Wildman–Crippen MR) is 68.8 cm³/mol. The summed E-state index contributed by atoms with van der Waals surface area (Å²) in [6.07, 6.45) is 0. The maximum atomic E-state index is 13.1. The van der Waals surface area contributed by atoms with Gasteiger partial charge in [0.1, 0.15) is 0 Å². The molecule has 0 aromatic heterocycles. The lowest BCUT2D eigenvalue weighted by atomic mass is 10.2. The summed E-state index contributed by atoms with van der Waals surface area (Å²) in [6.45, 7) is 3.20. The Hall–Kier alpha value is -1.74. The van der Waals surface area contributed by atoms with Crippen LogP contribution in [0.3, 0.4) is 0 Å². The minimum atomic E-state index is -4.07. The van der Waals surface area contributed by atoms with Crippen LogP contribution >= 0.6 is 0 Å². The lowest BCUT2D eigenvalue weighted by Crippen LogP contribution is -2.37. The molecule has 2 N–H and O–H groups in total. The fourth-order valence-electron chi connectivity index (χ4n) is 1.30. The molecule has 1 aromatic rings. The molecule has 9 heteroatoms. The lowest BCUT2D eigenvalue weighted by Gasteiger charge is -2.22. The summed E-state index contributed by atoms with van der Waals surface area (Å²) < 4.78 is 52.8. The van der Waals surface area contributed by atoms with Gasteiger partial charge in [-0.25, -0.2) is 13.6 Å². The molecule has 0 radical (unpaired) electrons. The molecular formula is C11H14F2N2O4S. The van der Waals surface area contributed by atoms with Gasteiger partial charge in [0.25, 0.3) is 0 Å². The van der Waals surface area contributed by atoms with Crippen LogP contribution in [0.4, 0.5) is 14.5 Å². The molecule has 20 heavy (non-hydrogen) atoms. The van der Waals surface area contributed by atoms with E-state index in [9.17, 15) is 22.0 Å². The number of benzene rings is 1. The van der Waals surface area contributed by atoms with Crippen molar-refractivity contribution in [3.05, 3.63) is 29.3 Å². The van der Waals surface area contributed by atoms with E-state index in [1.807, 2.05) is 4.72 Å². The standard InChI is InChI=1S/C11H14F2N2O4S/c1-6(2)15(3)20(18,19)14-10-5-9(13)8(12)4-7(10)11(16)17/h4-6,14H,1-3H3,(H,16,17). The van der Waals surface area contributed by atoms with Gasteiger partial charge < -0.3 is 5.11 Å². The maximum absolute atomic E-state index is 13.1. The second-order valence-electron chi connectivity index (χ2n) is 4.33. The van der Waals surface area contributed by atoms with E-state index in [4.69, 9.17) is 5.11 Å². The summed E-state index contributed by atoms with van der Waals surface area (Å²) in [5, 5.41) is 8.89. The van der Waals surface area contributed by atoms with Gasteiger partial charge in [-0.05, 0) is 19.9 Å². The molecule has 0 atom stereocenters. The first-order valence-corrected chi connectivity index (χ1v) is 6.98. The largest absolute Gasteiger partial charge is 0.478 e. The van der Waals surface area contributed by atoms with Crippen molar-refractivity contribution in [3.8, 4) is 0 Å². The van der Waals surface area contributed by atoms with Crippen LogP contribution in [0.1, 0.15) is 24.2 Å². The molecule has 0 aliphatic carbocycles. The third kappa shape index (κ3) is 3.42. The van der Waals surface area contributed by atoms with Gasteiger partial charge in [-0.2, -0.15) is 12.7 Å². The number of nitrogens with zero attached hydrogens (tertiary/aromatic N) is 1. The van der Waals surface area contributed by atoms with Gasteiger partial charge in [0.15, 0.2) is 11.6 Å². The van der Waals surface area contributed by atoms with Crippen LogP contribution < -0.4 is 4.72 Å². The number of rotatable bonds is 5. The van der Waals surface area contributed by atoms with Crippen LogP contribution in [0.2, 0.25) is 0 Å². The Balaban J connectivity index is 3.28. The molecule has 112 valence electrons. The zero-order valence-electron chi connectivity index (χ0n) is 11.0. The highest BCUT2D eigenvalue weighted by molar-refractivity contribution is 7.90. The zero-order chi connectivity index (χ0) is 15.7. The Morgan fingerprint density at radius 1 is 1.30 bits per heavy atom. The highest BCUT2D eigenvalue weighted by Gasteiger charge is 2.24. The minimum Gasteiger partial charge on any atom is -0.478 e. The first-order valence-electron chi connectivity index (χ1n) is 5.54. The Morgan fingerprint density at radius 3 is 2.25 bits per heavy atom. The highest BCUT2D eigenvalue weighted by Crippen LogP contribution is 2.22. The number of hydrogen-bond acceptors (Lipinski definition) is 3. The molecule has 0 unspecified atom stereocenters. The normalized spacial score (nSPS) is 11.9. The summed E-state index contributed by atoms with van der Waals surface area (Å²) in [5.74, 6) is -4.30. The van der Waals surface area contributed by atoms with Crippen molar-refractivity contribution in [1.82, 2.24) is 4.31 Å². The molecule has 0 heterocycles. The van der Waals surface area contributed by atoms with Crippen molar-refractivity contribution >= 4 is 21.9 Å². The van der Waals surface area contributed by atoms with Gasteiger partial charge in [-0.1, -0.05) is 0 Å². The van der Waals surface area contributed by atoms with Crippen LogP contribution in [0.5, 0.6) is 0 Å². The molecule has 1 aromatic carbocycles. The fraction of sp³-hybridized carbons (Fsp3) is 0.364. The molecule has 0 bridgehead atoms. The molecule has 0 saturated heterocycles. The van der Waals surface area contributed by atoms with Crippen LogP contribution in [0.25, 0.3) is 0 Å². The van der Waals surface area contributed by atoms with E-state index in [-0.39, 0.29) is 0 Å². The Labute approximate surface area is 115 Å². The second-order valence-corrected chi connectivity index (χ2v) is 6.06. The van der Waals surface area contributed by atoms with Crippen molar-refractivity contribution in [3.63, 3.8) is 0 Å². The van der Waals surface area contributed by atoms with E-state index in [0.717, 1.165) is 4.31 Å². The Morgan fingerprint density at radius 2 is 1.80 bits per heavy atom. The van der Waals surface area contributed by atoms with Crippen LogP contribution in [-0.2, 0) is 10.2 Å². The topological polar surface area (TPSA) is 86.7 Å². The molecule has 6 nitrogen and oxygen atoms in total. The first kappa shape index (κ1) is 16.3. The van der Waals surface area contributed by atoms with Crippen LogP contribution in [-0.4, -0.2) is 36.9 Å². The molecule has 0 aliphatic rings. The van der Waals surface area contributed by atoms with Crippen molar-refractivity contribution in [2.45, 2.75) is 19.9 Å². The third-order valence-electron chi connectivity index (χ3n) is 2.64. The smallest absolute Gasteiger partial charge is 0.337 e. The number of carboxylic acid groups (broad SMARTS) is 1. The maximum Gasteiger partial charge on any atom is 0.337 e. The van der Waals surface area contributed by atoms with E-state index in [0.29, 0.717) is 12.1 Å². The lowest BCUT2D eigenvalue weighted by molar-refractivity contribution is 0.0697. The van der Waals surface area contributed by atoms with Gasteiger partial charge in [0.05, 0.1) is 11.3 Å². The van der Waals surface area contributed by atoms with Crippen molar-refractivity contribution in [1.29, 1.82) is 0 Å². The average Bonchev–Trinajstić information content (AvgIpc) is 2.31. The zero-order valence-corrected chi connectivity index (χ0v) is 11.8. The highest BCUT2D eigenvalue weighted by atomic mass is 32.2. The number of anilines is 1. The third-order valence-corrected chi connectivity index (χ3v) is 4.29. The molecule has 0 fully saturated rings. The molecule has 0 aliphatic heterocycles. The summed E-state index contributed by atoms with van der Waals surface area (Å²) in [4.78, 5) is 10.9. The number of carboxylic acids is 1. The number of nitrogens with one attached hydrogen (secondary N) is 1. The van der Waals surface area contributed by atoms with Gasteiger partial charge >= 0.3 is 16.2 Å². The second kappa shape index (κ2) is 5.71. The van der Waals surface area contributed by atoms with E-state index in [1.54, 1.807) is 13.8 Å². The number of aromatic carboxylic acids is 1. The first-order chi connectivity index (χ1) is 9.06. The summed E-state index contributed by atoms with van der Waals surface area (Å²) in [6, 6.07) is 0.515. The molecular weight excluding hydrogens is 294 g/mol. The molecule has 0 spiro atoms. The SMILES string of the molecule is CC(C)N(C)S(=O)(=O)Nc1cc(F)c(F)cc1C(=O)O. The number of halogens is 2. The van der Waals surface area contributed by atoms with Gasteiger partial charge in [-0.3, -0.25) is 4.72 Å². The van der Waals surface area contributed by atoms with E-state index < -0.39 is 45.1 Å². The average molecular weight is 308 g/mol. The fourth-order valence-corrected chi connectivity index (χ4v) is 2.44. The number of hydrogen-bond donors (Lipinski definition) is 2. The van der Waals surface area contributed by atoms with Gasteiger partial charge in [0.2, 0.25) is 0 Å². The van der Waals surface area contributed by atoms with E-state index in [1.165, 1.54) is 7.05 Å². The predicted octanol–water partition coefficient (Wildman–Crippen LogP) is 1.66. The van der Waals surface area contributed by atoms with Gasteiger partial charge in [-0.15, -0.1) is 0 Å². The van der Waals surface area contributed by atoms with Crippen molar-refractivity contribution < 1.29 is 27.1 Å². The van der Waals surface area contributed by atoms with Crippen molar-refractivity contribution in [2.24, 2.45) is 0 Å². The minimum absolute atomic E-state index is 0.397. The van der Waals surface area contributed by atoms with Crippen LogP contribution in [0.15, 0.2) is 12.1 Å². The quantitative estimate of drug-likeness (QED) is 0.866. The molecule has 0 amide bonds. The Kier molecular flexibility index (Phi) is 4.66. The molecule has 1 rings (SSSR count). The van der Waals surface area contributed by atoms with Gasteiger partial charge in [0, 0.05) is 19.2 Å². The number of carbonyl (C=O) groups is 1. The monoisotopic (exact) mass is 308 g/mol. The van der Waals surface area contributed by atoms with Crippen LogP contribution in [0, 0.1) is 11.6 Å². The summed E-state index contributed by atoms with van der Waals surface area (Å²) in [7, 11) is -2.80. The molecule has 0 saturated carbocycles. The summed E-state index contributed by atoms with van der Waals surface area (Å²) >= 11 is 0.